The fourth-order valence-corrected chi connectivity index (χ4v) is 4.18. The molecule has 0 radical (unpaired) electrons. The van der Waals surface area contributed by atoms with Crippen molar-refractivity contribution in [2.24, 2.45) is 0 Å². The number of para-hydroxylation sites is 1. The highest BCUT2D eigenvalue weighted by molar-refractivity contribution is 6.00. The van der Waals surface area contributed by atoms with Crippen LogP contribution in [0.4, 0.5) is 10.1 Å². The van der Waals surface area contributed by atoms with Crippen molar-refractivity contribution in [2.75, 3.05) is 18.0 Å². The Balaban J connectivity index is 1.35. The van der Waals surface area contributed by atoms with Crippen LogP contribution in [0.5, 0.6) is 0 Å². The smallest absolute Gasteiger partial charge is 0.253 e. The maximum Gasteiger partial charge on any atom is 0.253 e. The normalized spacial score (nSPS) is 14.1. The van der Waals surface area contributed by atoms with Gasteiger partial charge in [-0.05, 0) is 61.2 Å². The summed E-state index contributed by atoms with van der Waals surface area (Å²) < 4.78 is 13.1. The zero-order chi connectivity index (χ0) is 23.2. The molecule has 4 rings (SSSR count). The summed E-state index contributed by atoms with van der Waals surface area (Å²) in [4.78, 5) is 27.7. The molecule has 3 aromatic carbocycles. The van der Waals surface area contributed by atoms with E-state index in [0.717, 1.165) is 42.7 Å². The molecular weight excluding hydrogens is 417 g/mol. The summed E-state index contributed by atoms with van der Waals surface area (Å²) in [5, 5.41) is 6.08. The van der Waals surface area contributed by atoms with E-state index in [1.54, 1.807) is 12.1 Å². The van der Waals surface area contributed by atoms with E-state index in [4.69, 9.17) is 0 Å². The number of nitrogens with one attached hydrogen (secondary N) is 2. The first-order chi connectivity index (χ1) is 16.0. The van der Waals surface area contributed by atoms with Crippen molar-refractivity contribution < 1.29 is 14.0 Å². The van der Waals surface area contributed by atoms with E-state index in [-0.39, 0.29) is 23.7 Å². The fraction of sp³-hybridized carbons (Fsp3) is 0.259. The third-order valence-corrected chi connectivity index (χ3v) is 6.08. The van der Waals surface area contributed by atoms with Gasteiger partial charge in [0, 0.05) is 36.9 Å². The van der Waals surface area contributed by atoms with Gasteiger partial charge in [0.15, 0.2) is 0 Å². The van der Waals surface area contributed by atoms with Crippen molar-refractivity contribution in [1.82, 2.24) is 10.6 Å². The van der Waals surface area contributed by atoms with Crippen LogP contribution < -0.4 is 15.5 Å². The summed E-state index contributed by atoms with van der Waals surface area (Å²) in [5.41, 5.74) is 4.02. The van der Waals surface area contributed by atoms with Crippen molar-refractivity contribution in [3.8, 4) is 0 Å². The maximum atomic E-state index is 13.1. The second-order valence-corrected chi connectivity index (χ2v) is 8.38. The lowest BCUT2D eigenvalue weighted by Gasteiger charge is -2.35. The van der Waals surface area contributed by atoms with Crippen LogP contribution in [0.15, 0.2) is 72.8 Å². The molecule has 0 unspecified atom stereocenters. The molecule has 1 heterocycles. The number of benzene rings is 3. The standard InChI is InChI=1S/C27H28FN3O2/c1-19-6-2-3-7-23(19)27(33)30-22-14-16-31(17-15-22)25-9-5-4-8-24(25)26(32)29-18-20-10-12-21(28)13-11-20/h2-13,22H,14-18H2,1H3,(H,29,32)(H,30,33). The number of piperidine rings is 1. The molecule has 3 aromatic rings. The van der Waals surface area contributed by atoms with Gasteiger partial charge in [-0.25, -0.2) is 4.39 Å². The topological polar surface area (TPSA) is 61.4 Å². The Labute approximate surface area is 193 Å². The first kappa shape index (κ1) is 22.5. The molecule has 0 saturated carbocycles. The van der Waals surface area contributed by atoms with Crippen LogP contribution >= 0.6 is 0 Å². The minimum absolute atomic E-state index is 0.0351. The predicted molar refractivity (Wildman–Crippen MR) is 128 cm³/mol. The van der Waals surface area contributed by atoms with Gasteiger partial charge in [-0.15, -0.1) is 0 Å². The largest absolute Gasteiger partial charge is 0.371 e. The number of amides is 2. The molecular formula is C27H28FN3O2. The highest BCUT2D eigenvalue weighted by Gasteiger charge is 2.24. The molecule has 0 aromatic heterocycles. The summed E-state index contributed by atoms with van der Waals surface area (Å²) in [5.74, 6) is -0.494. The zero-order valence-electron chi connectivity index (χ0n) is 18.7. The third kappa shape index (κ3) is 5.58. The Morgan fingerprint density at radius 3 is 2.21 bits per heavy atom. The van der Waals surface area contributed by atoms with Gasteiger partial charge in [0.05, 0.1) is 5.56 Å². The number of hydrogen-bond donors (Lipinski definition) is 2. The van der Waals surface area contributed by atoms with Gasteiger partial charge in [0.1, 0.15) is 5.82 Å². The molecule has 0 atom stereocenters. The van der Waals surface area contributed by atoms with Crippen LogP contribution in [0, 0.1) is 12.7 Å². The Bertz CT molecular complexity index is 1120. The van der Waals surface area contributed by atoms with Crippen molar-refractivity contribution in [3.05, 3.63) is 101 Å². The summed E-state index contributed by atoms with van der Waals surface area (Å²) in [6.45, 7) is 3.78. The lowest BCUT2D eigenvalue weighted by Crippen LogP contribution is -2.45. The molecule has 33 heavy (non-hydrogen) atoms. The zero-order valence-corrected chi connectivity index (χ0v) is 18.7. The Hall–Kier alpha value is -3.67. The number of rotatable bonds is 6. The van der Waals surface area contributed by atoms with Crippen LogP contribution in [0.2, 0.25) is 0 Å². The minimum Gasteiger partial charge on any atom is -0.371 e. The second-order valence-electron chi connectivity index (χ2n) is 8.38. The van der Waals surface area contributed by atoms with Crippen LogP contribution in [0.3, 0.4) is 0 Å². The van der Waals surface area contributed by atoms with E-state index >= 15 is 0 Å². The molecule has 1 aliphatic rings. The van der Waals surface area contributed by atoms with Crippen molar-refractivity contribution in [3.63, 3.8) is 0 Å². The SMILES string of the molecule is Cc1ccccc1C(=O)NC1CCN(c2ccccc2C(=O)NCc2ccc(F)cc2)CC1. The number of hydrogen-bond acceptors (Lipinski definition) is 3. The first-order valence-corrected chi connectivity index (χ1v) is 11.2. The number of anilines is 1. The Morgan fingerprint density at radius 1 is 0.879 bits per heavy atom. The second kappa shape index (κ2) is 10.3. The monoisotopic (exact) mass is 445 g/mol. The maximum absolute atomic E-state index is 13.1. The number of nitrogens with zero attached hydrogens (tertiary/aromatic N) is 1. The number of aryl methyl sites for hydroxylation is 1. The average molecular weight is 446 g/mol. The Morgan fingerprint density at radius 2 is 1.52 bits per heavy atom. The molecule has 0 bridgehead atoms. The average Bonchev–Trinajstić information content (AvgIpc) is 2.84. The van der Waals surface area contributed by atoms with E-state index in [1.807, 2.05) is 55.5 Å². The molecule has 170 valence electrons. The summed E-state index contributed by atoms with van der Waals surface area (Å²) >= 11 is 0. The number of halogens is 1. The van der Waals surface area contributed by atoms with Gasteiger partial charge in [-0.2, -0.15) is 0 Å². The van der Waals surface area contributed by atoms with Crippen LogP contribution in [0.25, 0.3) is 0 Å². The summed E-state index contributed by atoms with van der Waals surface area (Å²) in [6, 6.07) is 21.4. The quantitative estimate of drug-likeness (QED) is 0.589. The lowest BCUT2D eigenvalue weighted by molar-refractivity contribution is 0.0929. The van der Waals surface area contributed by atoms with E-state index in [0.29, 0.717) is 17.7 Å². The van der Waals surface area contributed by atoms with Crippen LogP contribution in [-0.2, 0) is 6.54 Å². The highest BCUT2D eigenvalue weighted by Crippen LogP contribution is 2.25. The first-order valence-electron chi connectivity index (χ1n) is 11.2. The van der Waals surface area contributed by atoms with Crippen molar-refractivity contribution >= 4 is 17.5 Å². The molecule has 5 nitrogen and oxygen atoms in total. The molecule has 2 amide bonds. The minimum atomic E-state index is -0.297. The van der Waals surface area contributed by atoms with Gasteiger partial charge >= 0.3 is 0 Å². The molecule has 2 N–H and O–H groups in total. The van der Waals surface area contributed by atoms with Crippen LogP contribution in [-0.4, -0.2) is 30.9 Å². The van der Waals surface area contributed by atoms with Crippen LogP contribution in [0.1, 0.15) is 44.7 Å². The fourth-order valence-electron chi connectivity index (χ4n) is 4.18. The van der Waals surface area contributed by atoms with Gasteiger partial charge in [0.2, 0.25) is 0 Å². The Kier molecular flexibility index (Phi) is 7.03. The van der Waals surface area contributed by atoms with Gasteiger partial charge in [-0.3, -0.25) is 9.59 Å². The molecule has 0 spiro atoms. The van der Waals surface area contributed by atoms with Crippen molar-refractivity contribution in [2.45, 2.75) is 32.4 Å². The summed E-state index contributed by atoms with van der Waals surface area (Å²) in [7, 11) is 0. The van der Waals surface area contributed by atoms with E-state index in [9.17, 15) is 14.0 Å². The third-order valence-electron chi connectivity index (χ3n) is 6.08. The molecule has 1 saturated heterocycles. The molecule has 1 aliphatic heterocycles. The van der Waals surface area contributed by atoms with Crippen molar-refractivity contribution in [1.29, 1.82) is 0 Å². The van der Waals surface area contributed by atoms with Gasteiger partial charge < -0.3 is 15.5 Å². The van der Waals surface area contributed by atoms with E-state index in [2.05, 4.69) is 15.5 Å². The summed E-state index contributed by atoms with van der Waals surface area (Å²) in [6.07, 6.45) is 1.62. The number of carbonyl (C=O) groups is 2. The number of carbonyl (C=O) groups excluding carboxylic acids is 2. The highest BCUT2D eigenvalue weighted by atomic mass is 19.1. The van der Waals surface area contributed by atoms with Gasteiger partial charge in [0.25, 0.3) is 11.8 Å². The lowest BCUT2D eigenvalue weighted by atomic mass is 10.0. The molecule has 6 heteroatoms. The van der Waals surface area contributed by atoms with E-state index in [1.165, 1.54) is 12.1 Å². The predicted octanol–water partition coefficient (Wildman–Crippen LogP) is 4.46. The van der Waals surface area contributed by atoms with Gasteiger partial charge in [-0.1, -0.05) is 42.5 Å². The van der Waals surface area contributed by atoms with E-state index < -0.39 is 0 Å². The molecule has 0 aliphatic carbocycles. The molecule has 1 fully saturated rings.